The van der Waals surface area contributed by atoms with Crippen molar-refractivity contribution in [2.75, 3.05) is 45.5 Å². The van der Waals surface area contributed by atoms with Crippen LogP contribution in [-0.4, -0.2) is 75.7 Å². The van der Waals surface area contributed by atoms with Crippen molar-refractivity contribution in [3.05, 3.63) is 35.9 Å². The average molecular weight is 564 g/mol. The topological polar surface area (TPSA) is 77.0 Å². The fourth-order valence-corrected chi connectivity index (χ4v) is 5.32. The SMILES string of the molecule is CCS(=O)(=O)NCCCNC(=NC)N1CCC2C(CCCN2Cc2ccccc2)C1.I. The van der Waals surface area contributed by atoms with Crippen LogP contribution in [0.3, 0.4) is 0 Å². The lowest BCUT2D eigenvalue weighted by atomic mass is 9.83. The maximum absolute atomic E-state index is 11.5. The smallest absolute Gasteiger partial charge is 0.211 e. The predicted octanol–water partition coefficient (Wildman–Crippen LogP) is 2.50. The summed E-state index contributed by atoms with van der Waals surface area (Å²) in [6.45, 7) is 7.10. The molecule has 0 aliphatic carbocycles. The lowest BCUT2D eigenvalue weighted by Crippen LogP contribution is -2.56. The third-order valence-electron chi connectivity index (χ3n) is 6.26. The van der Waals surface area contributed by atoms with E-state index < -0.39 is 10.0 Å². The molecule has 0 spiro atoms. The number of rotatable bonds is 8. The van der Waals surface area contributed by atoms with Crippen LogP contribution in [0.15, 0.2) is 35.3 Å². The largest absolute Gasteiger partial charge is 0.356 e. The number of halogens is 1. The van der Waals surface area contributed by atoms with Crippen molar-refractivity contribution in [3.63, 3.8) is 0 Å². The van der Waals surface area contributed by atoms with Gasteiger partial charge in [0.25, 0.3) is 0 Å². The molecule has 2 aliphatic rings. The average Bonchev–Trinajstić information content (AvgIpc) is 2.77. The number of nitrogens with one attached hydrogen (secondary N) is 2. The zero-order chi connectivity index (χ0) is 21.4. The van der Waals surface area contributed by atoms with E-state index in [1.807, 2.05) is 7.05 Å². The van der Waals surface area contributed by atoms with Gasteiger partial charge in [-0.3, -0.25) is 9.89 Å². The second-order valence-electron chi connectivity index (χ2n) is 8.29. The highest BCUT2D eigenvalue weighted by molar-refractivity contribution is 14.0. The molecule has 2 fully saturated rings. The maximum atomic E-state index is 11.5. The van der Waals surface area contributed by atoms with Crippen LogP contribution in [-0.2, 0) is 16.6 Å². The lowest BCUT2D eigenvalue weighted by Gasteiger charge is -2.48. The van der Waals surface area contributed by atoms with Crippen molar-refractivity contribution in [2.24, 2.45) is 10.9 Å². The summed E-state index contributed by atoms with van der Waals surface area (Å²) in [6, 6.07) is 11.4. The highest BCUT2D eigenvalue weighted by Crippen LogP contribution is 2.31. The third kappa shape index (κ3) is 7.87. The molecule has 2 heterocycles. The maximum Gasteiger partial charge on any atom is 0.211 e. The van der Waals surface area contributed by atoms with Gasteiger partial charge >= 0.3 is 0 Å². The van der Waals surface area contributed by atoms with Crippen LogP contribution in [0, 0.1) is 5.92 Å². The van der Waals surface area contributed by atoms with Gasteiger partial charge in [-0.1, -0.05) is 30.3 Å². The first kappa shape index (κ1) is 26.3. The molecule has 2 atom stereocenters. The molecule has 2 saturated heterocycles. The summed E-state index contributed by atoms with van der Waals surface area (Å²) in [5, 5.41) is 3.42. The Morgan fingerprint density at radius 3 is 2.65 bits per heavy atom. The summed E-state index contributed by atoms with van der Waals surface area (Å²) < 4.78 is 25.6. The molecule has 2 N–H and O–H groups in total. The van der Waals surface area contributed by atoms with Gasteiger partial charge in [0.2, 0.25) is 10.0 Å². The van der Waals surface area contributed by atoms with E-state index in [0.29, 0.717) is 25.0 Å². The number of fused-ring (bicyclic) bond motifs is 1. The molecule has 3 rings (SSSR count). The molecule has 0 saturated carbocycles. The lowest BCUT2D eigenvalue weighted by molar-refractivity contribution is 0.0372. The molecule has 0 aromatic heterocycles. The Morgan fingerprint density at radius 2 is 1.94 bits per heavy atom. The Labute approximate surface area is 205 Å². The van der Waals surface area contributed by atoms with Crippen LogP contribution < -0.4 is 10.0 Å². The number of guanidine groups is 1. The number of piperidine rings is 2. The second kappa shape index (κ2) is 13.0. The molecule has 0 amide bonds. The highest BCUT2D eigenvalue weighted by atomic mass is 127. The molecule has 31 heavy (non-hydrogen) atoms. The fraction of sp³-hybridized carbons (Fsp3) is 0.682. The zero-order valence-corrected chi connectivity index (χ0v) is 21.9. The first-order valence-corrected chi connectivity index (χ1v) is 12.9. The monoisotopic (exact) mass is 563 g/mol. The first-order chi connectivity index (χ1) is 14.5. The molecule has 2 unspecified atom stereocenters. The summed E-state index contributed by atoms with van der Waals surface area (Å²) in [4.78, 5) is 9.53. The van der Waals surface area contributed by atoms with E-state index in [2.05, 4.69) is 55.2 Å². The van der Waals surface area contributed by atoms with Gasteiger partial charge < -0.3 is 10.2 Å². The van der Waals surface area contributed by atoms with E-state index in [0.717, 1.165) is 38.4 Å². The third-order valence-corrected chi connectivity index (χ3v) is 7.67. The van der Waals surface area contributed by atoms with Gasteiger partial charge in [0.1, 0.15) is 0 Å². The summed E-state index contributed by atoms with van der Waals surface area (Å²) in [5.41, 5.74) is 1.40. The van der Waals surface area contributed by atoms with Gasteiger partial charge in [0.15, 0.2) is 5.96 Å². The van der Waals surface area contributed by atoms with E-state index in [-0.39, 0.29) is 29.7 Å². The van der Waals surface area contributed by atoms with E-state index in [1.165, 1.54) is 24.9 Å². The number of likely N-dealkylation sites (tertiary alicyclic amines) is 2. The number of aliphatic imine (C=N–C) groups is 1. The summed E-state index contributed by atoms with van der Waals surface area (Å²) in [6.07, 6.45) is 4.44. The number of hydrogen-bond donors (Lipinski definition) is 2. The van der Waals surface area contributed by atoms with E-state index in [9.17, 15) is 8.42 Å². The molecular weight excluding hydrogens is 525 g/mol. The minimum Gasteiger partial charge on any atom is -0.356 e. The van der Waals surface area contributed by atoms with Crippen molar-refractivity contribution in [1.29, 1.82) is 0 Å². The standard InChI is InChI=1S/C22H37N5O2S.HI/c1-3-30(28,29)25-14-8-13-24-22(23-2)27-16-12-21-20(18-27)11-7-15-26(21)17-19-9-5-4-6-10-19;/h4-6,9-10,20-21,25H,3,7-8,11-18H2,1-2H3,(H,23,24);1H. The number of nitrogens with zero attached hydrogens (tertiary/aromatic N) is 3. The van der Waals surface area contributed by atoms with Gasteiger partial charge in [-0.05, 0) is 50.6 Å². The van der Waals surface area contributed by atoms with E-state index in [4.69, 9.17) is 0 Å². The number of hydrogen-bond acceptors (Lipinski definition) is 4. The summed E-state index contributed by atoms with van der Waals surface area (Å²) in [7, 11) is -1.28. The molecule has 1 aromatic carbocycles. The van der Waals surface area contributed by atoms with E-state index in [1.54, 1.807) is 6.92 Å². The second-order valence-corrected chi connectivity index (χ2v) is 10.4. The molecule has 0 radical (unpaired) electrons. The van der Waals surface area contributed by atoms with Crippen molar-refractivity contribution in [2.45, 2.75) is 45.2 Å². The predicted molar refractivity (Wildman–Crippen MR) is 138 cm³/mol. The molecule has 2 aliphatic heterocycles. The minimum atomic E-state index is -3.11. The molecule has 0 bridgehead atoms. The molecule has 1 aromatic rings. The zero-order valence-electron chi connectivity index (χ0n) is 18.8. The fourth-order valence-electron chi connectivity index (χ4n) is 4.66. The Kier molecular flexibility index (Phi) is 11.0. The summed E-state index contributed by atoms with van der Waals surface area (Å²) >= 11 is 0. The Morgan fingerprint density at radius 1 is 1.16 bits per heavy atom. The van der Waals surface area contributed by atoms with Gasteiger partial charge in [0.05, 0.1) is 5.75 Å². The quantitative estimate of drug-likeness (QED) is 0.220. The van der Waals surface area contributed by atoms with Crippen LogP contribution in [0.1, 0.15) is 38.2 Å². The number of sulfonamides is 1. The van der Waals surface area contributed by atoms with Crippen LogP contribution in [0.4, 0.5) is 0 Å². The van der Waals surface area contributed by atoms with Crippen molar-refractivity contribution < 1.29 is 8.42 Å². The van der Waals surface area contributed by atoms with Gasteiger partial charge in [-0.2, -0.15) is 0 Å². The molecule has 176 valence electrons. The van der Waals surface area contributed by atoms with Crippen LogP contribution in [0.2, 0.25) is 0 Å². The summed E-state index contributed by atoms with van der Waals surface area (Å²) in [5.74, 6) is 1.73. The normalized spacial score (nSPS) is 22.5. The van der Waals surface area contributed by atoms with Crippen molar-refractivity contribution in [1.82, 2.24) is 19.8 Å². The van der Waals surface area contributed by atoms with Crippen molar-refractivity contribution in [3.8, 4) is 0 Å². The van der Waals surface area contributed by atoms with Crippen LogP contribution >= 0.6 is 24.0 Å². The minimum absolute atomic E-state index is 0. The Balaban J connectivity index is 0.00000341. The highest BCUT2D eigenvalue weighted by Gasteiger charge is 2.36. The van der Waals surface area contributed by atoms with Gasteiger partial charge in [-0.15, -0.1) is 24.0 Å². The Hall–Kier alpha value is -0.910. The van der Waals surface area contributed by atoms with Crippen molar-refractivity contribution >= 4 is 40.0 Å². The van der Waals surface area contributed by atoms with Gasteiger partial charge in [-0.25, -0.2) is 13.1 Å². The van der Waals surface area contributed by atoms with Crippen LogP contribution in [0.5, 0.6) is 0 Å². The molecule has 7 nitrogen and oxygen atoms in total. The van der Waals surface area contributed by atoms with Crippen LogP contribution in [0.25, 0.3) is 0 Å². The first-order valence-electron chi connectivity index (χ1n) is 11.2. The van der Waals surface area contributed by atoms with Gasteiger partial charge in [0, 0.05) is 45.8 Å². The number of benzene rings is 1. The molecular formula is C22H38IN5O2S. The Bertz CT molecular complexity index is 790. The van der Waals surface area contributed by atoms with E-state index >= 15 is 0 Å². The molecule has 9 heteroatoms.